The maximum Gasteiger partial charge on any atom is 0.214 e. The quantitative estimate of drug-likeness (QED) is 0.441. The molecule has 0 amide bonds. The molecular weight excluding hydrogens is 296 g/mol. The largest absolute Gasteiger partial charge is 0.287 e. The van der Waals surface area contributed by atoms with Crippen molar-refractivity contribution in [1.29, 1.82) is 0 Å². The lowest BCUT2D eigenvalue weighted by molar-refractivity contribution is 0.0973. The first kappa shape index (κ1) is 11.8. The van der Waals surface area contributed by atoms with E-state index in [9.17, 15) is 9.59 Å². The smallest absolute Gasteiger partial charge is 0.214 e. The number of imidazole rings is 1. The predicted molar refractivity (Wildman–Crippen MR) is 83.9 cm³/mol. The number of nitrogens with zero attached hydrogens (tertiary/aromatic N) is 2. The van der Waals surface area contributed by atoms with Crippen molar-refractivity contribution in [3.05, 3.63) is 71.0 Å². The molecule has 0 radical (unpaired) electrons. The summed E-state index contributed by atoms with van der Waals surface area (Å²) in [5.74, 6) is -0.313. The molecular formula is C17H8N2O2S. The molecule has 5 heteroatoms. The van der Waals surface area contributed by atoms with Crippen molar-refractivity contribution in [2.24, 2.45) is 0 Å². The second kappa shape index (κ2) is 3.90. The van der Waals surface area contributed by atoms with Gasteiger partial charge >= 0.3 is 0 Å². The molecule has 0 unspecified atom stereocenters. The molecule has 0 atom stereocenters. The SMILES string of the molecule is O=C1c2ccccc2C(=O)c2c1nc1sc3ccccc3n21. The van der Waals surface area contributed by atoms with Crippen LogP contribution >= 0.6 is 11.3 Å². The Hall–Kier alpha value is -2.79. The highest BCUT2D eigenvalue weighted by Crippen LogP contribution is 2.33. The van der Waals surface area contributed by atoms with Gasteiger partial charge < -0.3 is 0 Å². The van der Waals surface area contributed by atoms with E-state index in [0.717, 1.165) is 10.2 Å². The number of benzene rings is 2. The third kappa shape index (κ3) is 1.29. The van der Waals surface area contributed by atoms with Gasteiger partial charge in [0.1, 0.15) is 11.4 Å². The van der Waals surface area contributed by atoms with E-state index in [-0.39, 0.29) is 17.3 Å². The second-order valence-electron chi connectivity index (χ2n) is 5.20. The van der Waals surface area contributed by atoms with Gasteiger partial charge in [0, 0.05) is 11.1 Å². The van der Waals surface area contributed by atoms with Crippen LogP contribution in [0.25, 0.3) is 15.2 Å². The van der Waals surface area contributed by atoms with Crippen LogP contribution < -0.4 is 0 Å². The van der Waals surface area contributed by atoms with Crippen LogP contribution in [0.3, 0.4) is 0 Å². The van der Waals surface area contributed by atoms with Crippen molar-refractivity contribution in [1.82, 2.24) is 9.38 Å². The number of hydrogen-bond acceptors (Lipinski definition) is 4. The Balaban J connectivity index is 1.95. The molecule has 0 saturated carbocycles. The average molecular weight is 304 g/mol. The first-order valence-corrected chi connectivity index (χ1v) is 7.66. The highest BCUT2D eigenvalue weighted by molar-refractivity contribution is 7.23. The van der Waals surface area contributed by atoms with Crippen LogP contribution in [0, 0.1) is 0 Å². The number of para-hydroxylation sites is 1. The van der Waals surface area contributed by atoms with Gasteiger partial charge in [-0.05, 0) is 12.1 Å². The average Bonchev–Trinajstić information content (AvgIpc) is 3.08. The number of aromatic nitrogens is 2. The van der Waals surface area contributed by atoms with Crippen LogP contribution in [0.5, 0.6) is 0 Å². The summed E-state index contributed by atoms with van der Waals surface area (Å²) in [6.07, 6.45) is 0. The third-order valence-corrected chi connectivity index (χ3v) is 5.02. The minimum atomic E-state index is -0.176. The van der Waals surface area contributed by atoms with E-state index in [1.54, 1.807) is 24.3 Å². The Kier molecular flexibility index (Phi) is 2.09. The summed E-state index contributed by atoms with van der Waals surface area (Å²) in [5, 5.41) is 0. The van der Waals surface area contributed by atoms with E-state index >= 15 is 0 Å². The first-order chi connectivity index (χ1) is 10.8. The summed E-state index contributed by atoms with van der Waals surface area (Å²) in [6.45, 7) is 0. The molecule has 2 heterocycles. The summed E-state index contributed by atoms with van der Waals surface area (Å²) in [4.78, 5) is 30.6. The zero-order chi connectivity index (χ0) is 14.8. The number of ketones is 2. The summed E-state index contributed by atoms with van der Waals surface area (Å²) in [7, 11) is 0. The van der Waals surface area contributed by atoms with Crippen molar-refractivity contribution in [3.63, 3.8) is 0 Å². The molecule has 2 aromatic carbocycles. The van der Waals surface area contributed by atoms with Crippen LogP contribution in [0.4, 0.5) is 0 Å². The lowest BCUT2D eigenvalue weighted by Crippen LogP contribution is -2.21. The summed E-state index contributed by atoms with van der Waals surface area (Å²) in [6, 6.07) is 14.7. The summed E-state index contributed by atoms with van der Waals surface area (Å²) >= 11 is 1.49. The van der Waals surface area contributed by atoms with E-state index in [4.69, 9.17) is 0 Å². The Labute approximate surface area is 128 Å². The molecule has 0 saturated heterocycles. The van der Waals surface area contributed by atoms with Crippen molar-refractivity contribution in [3.8, 4) is 0 Å². The van der Waals surface area contributed by atoms with Gasteiger partial charge in [-0.25, -0.2) is 4.98 Å². The molecule has 0 bridgehead atoms. The molecule has 0 spiro atoms. The van der Waals surface area contributed by atoms with Gasteiger partial charge in [0.25, 0.3) is 0 Å². The van der Waals surface area contributed by atoms with Crippen LogP contribution in [-0.4, -0.2) is 21.0 Å². The van der Waals surface area contributed by atoms with Crippen molar-refractivity contribution >= 4 is 38.1 Å². The highest BCUT2D eigenvalue weighted by atomic mass is 32.1. The van der Waals surface area contributed by atoms with E-state index < -0.39 is 0 Å². The molecule has 4 nitrogen and oxygen atoms in total. The van der Waals surface area contributed by atoms with Crippen molar-refractivity contribution in [2.75, 3.05) is 0 Å². The predicted octanol–water partition coefficient (Wildman–Crippen LogP) is 3.32. The summed E-state index contributed by atoms with van der Waals surface area (Å²) < 4.78 is 2.86. The van der Waals surface area contributed by atoms with Crippen LogP contribution in [0.15, 0.2) is 48.5 Å². The van der Waals surface area contributed by atoms with Gasteiger partial charge in [-0.2, -0.15) is 0 Å². The Morgan fingerprint density at radius 2 is 1.55 bits per heavy atom. The Bertz CT molecular complexity index is 1120. The molecule has 5 rings (SSSR count). The first-order valence-electron chi connectivity index (χ1n) is 6.84. The minimum Gasteiger partial charge on any atom is -0.287 e. The molecule has 0 fully saturated rings. The minimum absolute atomic E-state index is 0.138. The molecule has 1 aliphatic rings. The fraction of sp³-hybridized carbons (Fsp3) is 0. The third-order valence-electron chi connectivity index (χ3n) is 4.00. The topological polar surface area (TPSA) is 51.4 Å². The second-order valence-corrected chi connectivity index (χ2v) is 6.21. The number of rotatable bonds is 0. The normalized spacial score (nSPS) is 13.6. The van der Waals surface area contributed by atoms with Gasteiger partial charge in [-0.3, -0.25) is 14.0 Å². The molecule has 2 aromatic heterocycles. The summed E-state index contributed by atoms with van der Waals surface area (Å²) in [5.41, 5.74) is 2.46. The fourth-order valence-corrected chi connectivity index (χ4v) is 4.05. The molecule has 1 aliphatic carbocycles. The number of carbonyl (C=O) groups excluding carboxylic acids is 2. The number of carbonyl (C=O) groups is 2. The van der Waals surface area contributed by atoms with E-state index in [2.05, 4.69) is 4.98 Å². The van der Waals surface area contributed by atoms with Crippen molar-refractivity contribution in [2.45, 2.75) is 0 Å². The van der Waals surface area contributed by atoms with Crippen LogP contribution in [0.2, 0.25) is 0 Å². The van der Waals surface area contributed by atoms with Gasteiger partial charge in [-0.15, -0.1) is 0 Å². The van der Waals surface area contributed by atoms with E-state index in [1.807, 2.05) is 28.7 Å². The van der Waals surface area contributed by atoms with Gasteiger partial charge in [0.2, 0.25) is 11.6 Å². The monoisotopic (exact) mass is 304 g/mol. The van der Waals surface area contributed by atoms with E-state index in [1.165, 1.54) is 11.3 Å². The van der Waals surface area contributed by atoms with Gasteiger partial charge in [0.15, 0.2) is 4.96 Å². The lowest BCUT2D eigenvalue weighted by Gasteiger charge is -2.13. The standard InChI is InChI=1S/C17H8N2O2S/c20-15-9-5-1-2-6-10(9)16(21)14-13(15)18-17-19(14)11-7-3-4-8-12(11)22-17/h1-8H. The Morgan fingerprint density at radius 1 is 0.864 bits per heavy atom. The molecule has 0 aliphatic heterocycles. The molecule has 4 aromatic rings. The van der Waals surface area contributed by atoms with Crippen LogP contribution in [-0.2, 0) is 0 Å². The highest BCUT2D eigenvalue weighted by Gasteiger charge is 2.35. The maximum absolute atomic E-state index is 12.9. The number of hydrogen-bond donors (Lipinski definition) is 0. The zero-order valence-corrected chi connectivity index (χ0v) is 12.1. The molecule has 0 N–H and O–H groups in total. The molecule has 22 heavy (non-hydrogen) atoms. The van der Waals surface area contributed by atoms with Crippen LogP contribution in [0.1, 0.15) is 32.1 Å². The fourth-order valence-electron chi connectivity index (χ4n) is 3.02. The number of thiazole rings is 1. The number of fused-ring (bicyclic) bond motifs is 6. The Morgan fingerprint density at radius 3 is 2.36 bits per heavy atom. The zero-order valence-electron chi connectivity index (χ0n) is 11.2. The van der Waals surface area contributed by atoms with E-state index in [0.29, 0.717) is 21.8 Å². The van der Waals surface area contributed by atoms with Crippen molar-refractivity contribution < 1.29 is 9.59 Å². The van der Waals surface area contributed by atoms with Gasteiger partial charge in [-0.1, -0.05) is 47.7 Å². The molecule has 104 valence electrons. The maximum atomic E-state index is 12.9. The lowest BCUT2D eigenvalue weighted by atomic mass is 9.90. The van der Waals surface area contributed by atoms with Gasteiger partial charge in [0.05, 0.1) is 10.2 Å².